The van der Waals surface area contributed by atoms with Crippen molar-refractivity contribution in [2.75, 3.05) is 38.5 Å². The maximum atomic E-state index is 12.8. The number of piperazine rings is 1. The summed E-state index contributed by atoms with van der Waals surface area (Å²) in [4.78, 5) is 31.9. The quantitative estimate of drug-likeness (QED) is 0.371. The van der Waals surface area contributed by atoms with Gasteiger partial charge in [0.15, 0.2) is 5.65 Å². The molecular formula is C27H24N6O2. The summed E-state index contributed by atoms with van der Waals surface area (Å²) in [5, 5.41) is 7.33. The summed E-state index contributed by atoms with van der Waals surface area (Å²) in [6, 6.07) is 18.6. The molecule has 2 aromatic heterocycles. The van der Waals surface area contributed by atoms with Crippen LogP contribution in [0.15, 0.2) is 66.9 Å². The van der Waals surface area contributed by atoms with Gasteiger partial charge in [-0.2, -0.15) is 5.10 Å². The van der Waals surface area contributed by atoms with Crippen molar-refractivity contribution in [2.45, 2.75) is 0 Å². The van der Waals surface area contributed by atoms with E-state index in [1.165, 1.54) is 0 Å². The number of nitrogens with one attached hydrogen (secondary N) is 1. The zero-order chi connectivity index (χ0) is 24.2. The molecule has 1 aliphatic heterocycles. The zero-order valence-electron chi connectivity index (χ0n) is 19.3. The Morgan fingerprint density at radius 3 is 2.40 bits per heavy atom. The summed E-state index contributed by atoms with van der Waals surface area (Å²) >= 11 is 0. The van der Waals surface area contributed by atoms with E-state index in [1.54, 1.807) is 22.8 Å². The summed E-state index contributed by atoms with van der Waals surface area (Å²) in [5.41, 5.74) is 5.25. The smallest absolute Gasteiger partial charge is 0.253 e. The van der Waals surface area contributed by atoms with Crippen molar-refractivity contribution < 1.29 is 9.59 Å². The van der Waals surface area contributed by atoms with Gasteiger partial charge in [-0.1, -0.05) is 18.1 Å². The third-order valence-electron chi connectivity index (χ3n) is 6.03. The molecule has 35 heavy (non-hydrogen) atoms. The summed E-state index contributed by atoms with van der Waals surface area (Å²) < 4.78 is 1.72. The van der Waals surface area contributed by atoms with Crippen molar-refractivity contribution >= 4 is 23.7 Å². The Morgan fingerprint density at radius 2 is 1.69 bits per heavy atom. The van der Waals surface area contributed by atoms with E-state index in [1.807, 2.05) is 53.4 Å². The predicted molar refractivity (Wildman–Crippen MR) is 134 cm³/mol. The Morgan fingerprint density at radius 1 is 0.943 bits per heavy atom. The number of amides is 2. The van der Waals surface area contributed by atoms with Crippen LogP contribution in [0.4, 0.5) is 5.69 Å². The van der Waals surface area contributed by atoms with E-state index in [2.05, 4.69) is 34.1 Å². The molecule has 174 valence electrons. The number of likely N-dealkylation sites (N-methyl/N-ethyl adjacent to an activating group) is 1. The van der Waals surface area contributed by atoms with E-state index >= 15 is 0 Å². The molecule has 0 atom stereocenters. The number of rotatable bonds is 4. The van der Waals surface area contributed by atoms with Gasteiger partial charge in [-0.25, -0.2) is 9.50 Å². The minimum Gasteiger partial charge on any atom is -0.336 e. The molecule has 2 amide bonds. The first-order valence-corrected chi connectivity index (χ1v) is 11.4. The Bertz CT molecular complexity index is 1420. The number of aromatic nitrogens is 3. The van der Waals surface area contributed by atoms with Crippen molar-refractivity contribution in [1.29, 1.82) is 0 Å². The molecule has 4 aromatic rings. The monoisotopic (exact) mass is 464 g/mol. The number of fused-ring (bicyclic) bond motifs is 1. The van der Waals surface area contributed by atoms with Crippen LogP contribution < -0.4 is 5.32 Å². The molecule has 0 bridgehead atoms. The molecule has 1 saturated heterocycles. The fraction of sp³-hybridized carbons (Fsp3) is 0.185. The van der Waals surface area contributed by atoms with Crippen molar-refractivity contribution in [1.82, 2.24) is 24.4 Å². The molecule has 3 heterocycles. The summed E-state index contributed by atoms with van der Waals surface area (Å²) in [6.45, 7) is 3.29. The topological polar surface area (TPSA) is 82.8 Å². The lowest BCUT2D eigenvalue weighted by Crippen LogP contribution is -2.47. The number of carbonyl (C=O) groups is 2. The number of carbonyl (C=O) groups excluding carboxylic acids is 2. The number of imidazole rings is 1. The third kappa shape index (κ3) is 4.90. The highest BCUT2D eigenvalue weighted by Gasteiger charge is 2.20. The molecule has 1 fully saturated rings. The first-order valence-electron chi connectivity index (χ1n) is 11.4. The molecule has 0 unspecified atom stereocenters. The van der Waals surface area contributed by atoms with Crippen molar-refractivity contribution in [3.05, 3.63) is 83.7 Å². The Labute approximate surface area is 203 Å². The molecule has 5 rings (SSSR count). The van der Waals surface area contributed by atoms with Gasteiger partial charge in [-0.3, -0.25) is 9.59 Å². The number of hydrogen-bond acceptors (Lipinski definition) is 5. The molecule has 1 N–H and O–H groups in total. The van der Waals surface area contributed by atoms with Gasteiger partial charge in [0.05, 0.1) is 11.9 Å². The van der Waals surface area contributed by atoms with Crippen LogP contribution in [0.2, 0.25) is 0 Å². The van der Waals surface area contributed by atoms with E-state index in [9.17, 15) is 9.59 Å². The maximum Gasteiger partial charge on any atom is 0.253 e. The summed E-state index contributed by atoms with van der Waals surface area (Å²) in [5.74, 6) is 6.30. The highest BCUT2D eigenvalue weighted by molar-refractivity contribution is 5.94. The van der Waals surface area contributed by atoms with Crippen LogP contribution >= 0.6 is 0 Å². The lowest BCUT2D eigenvalue weighted by Gasteiger charge is -2.32. The van der Waals surface area contributed by atoms with E-state index in [0.29, 0.717) is 29.0 Å². The van der Waals surface area contributed by atoms with Gasteiger partial charge in [0, 0.05) is 48.6 Å². The highest BCUT2D eigenvalue weighted by Crippen LogP contribution is 2.20. The summed E-state index contributed by atoms with van der Waals surface area (Å²) in [7, 11) is 2.07. The van der Waals surface area contributed by atoms with Crippen LogP contribution in [0.5, 0.6) is 0 Å². The number of benzene rings is 2. The van der Waals surface area contributed by atoms with Crippen molar-refractivity contribution in [2.24, 2.45) is 0 Å². The van der Waals surface area contributed by atoms with Gasteiger partial charge in [0.1, 0.15) is 5.69 Å². The SMILES string of the molecule is CN1CCN(C(=O)c2ccc(-c3ccc4ncc(C#Cc5ccc(NC=O)cc5)n4n3)cc2)CC1. The number of anilines is 1. The van der Waals surface area contributed by atoms with E-state index in [0.717, 1.165) is 43.0 Å². The molecule has 2 aromatic carbocycles. The molecule has 0 spiro atoms. The predicted octanol–water partition coefficient (Wildman–Crippen LogP) is 2.75. The lowest BCUT2D eigenvalue weighted by molar-refractivity contribution is -0.105. The number of nitrogens with zero attached hydrogens (tertiary/aromatic N) is 5. The van der Waals surface area contributed by atoms with Gasteiger partial charge >= 0.3 is 0 Å². The first-order chi connectivity index (χ1) is 17.1. The third-order valence-corrected chi connectivity index (χ3v) is 6.03. The van der Waals surface area contributed by atoms with Gasteiger partial charge in [0.2, 0.25) is 6.41 Å². The summed E-state index contributed by atoms with van der Waals surface area (Å²) in [6.07, 6.45) is 2.33. The molecule has 8 heteroatoms. The van der Waals surface area contributed by atoms with Crippen LogP contribution in [-0.2, 0) is 4.79 Å². The lowest BCUT2D eigenvalue weighted by atomic mass is 10.1. The van der Waals surface area contributed by atoms with Crippen LogP contribution in [0.25, 0.3) is 16.9 Å². The molecule has 8 nitrogen and oxygen atoms in total. The average molecular weight is 465 g/mol. The van der Waals surface area contributed by atoms with Gasteiger partial charge in [-0.15, -0.1) is 0 Å². The van der Waals surface area contributed by atoms with Crippen LogP contribution in [0, 0.1) is 11.8 Å². The fourth-order valence-corrected chi connectivity index (χ4v) is 3.94. The van der Waals surface area contributed by atoms with Crippen LogP contribution in [-0.4, -0.2) is 69.9 Å². The second kappa shape index (κ2) is 9.79. The normalized spacial score (nSPS) is 13.8. The van der Waals surface area contributed by atoms with E-state index in [4.69, 9.17) is 5.10 Å². The number of hydrogen-bond donors (Lipinski definition) is 1. The van der Waals surface area contributed by atoms with Gasteiger partial charge in [0.25, 0.3) is 5.91 Å². The Hall–Kier alpha value is -4.48. The second-order valence-electron chi connectivity index (χ2n) is 8.39. The minimum atomic E-state index is 0.0650. The van der Waals surface area contributed by atoms with E-state index in [-0.39, 0.29) is 5.91 Å². The standard InChI is InChI=1S/C27H24N6O2/c1-31-14-16-32(17-15-31)27(35)22-7-5-21(6-8-22)25-12-13-26-28-18-24(33(26)30-25)11-4-20-2-9-23(10-3-20)29-19-34/h2-3,5-10,12-13,18-19H,14-17H2,1H3,(H,29,34). The minimum absolute atomic E-state index is 0.0650. The fourth-order valence-electron chi connectivity index (χ4n) is 3.94. The molecule has 0 radical (unpaired) electrons. The van der Waals surface area contributed by atoms with Crippen molar-refractivity contribution in [3.63, 3.8) is 0 Å². The molecule has 0 aliphatic carbocycles. The average Bonchev–Trinajstić information content (AvgIpc) is 3.31. The maximum absolute atomic E-state index is 12.8. The van der Waals surface area contributed by atoms with Gasteiger partial charge < -0.3 is 15.1 Å². The zero-order valence-corrected chi connectivity index (χ0v) is 19.3. The van der Waals surface area contributed by atoms with E-state index < -0.39 is 0 Å². The Balaban J connectivity index is 1.36. The van der Waals surface area contributed by atoms with Crippen LogP contribution in [0.3, 0.4) is 0 Å². The highest BCUT2D eigenvalue weighted by atomic mass is 16.2. The van der Waals surface area contributed by atoms with Gasteiger partial charge in [-0.05, 0) is 61.5 Å². The molecule has 0 saturated carbocycles. The first kappa shape index (κ1) is 22.3. The molecule has 1 aliphatic rings. The second-order valence-corrected chi connectivity index (χ2v) is 8.39. The largest absolute Gasteiger partial charge is 0.336 e. The van der Waals surface area contributed by atoms with Crippen molar-refractivity contribution in [3.8, 4) is 23.1 Å². The van der Waals surface area contributed by atoms with Crippen LogP contribution in [0.1, 0.15) is 21.6 Å². The Kier molecular flexibility index (Phi) is 6.24. The molecular weight excluding hydrogens is 440 g/mol.